The highest BCUT2D eigenvalue weighted by Gasteiger charge is 2.26. The van der Waals surface area contributed by atoms with E-state index in [4.69, 9.17) is 0 Å². The van der Waals surface area contributed by atoms with Crippen LogP contribution in [-0.4, -0.2) is 30.6 Å². The van der Waals surface area contributed by atoms with Gasteiger partial charge in [0.05, 0.1) is 0 Å². The molecular formula is C16H22N2. The normalized spacial score (nSPS) is 24.3. The zero-order valence-corrected chi connectivity index (χ0v) is 11.3. The molecule has 0 bridgehead atoms. The van der Waals surface area contributed by atoms with Gasteiger partial charge in [-0.05, 0) is 19.4 Å². The van der Waals surface area contributed by atoms with E-state index in [1.54, 1.807) is 0 Å². The van der Waals surface area contributed by atoms with Crippen LogP contribution in [0.3, 0.4) is 0 Å². The molecule has 1 saturated heterocycles. The molecule has 2 unspecified atom stereocenters. The fraction of sp³-hybridized carbons (Fsp3) is 0.500. The van der Waals surface area contributed by atoms with E-state index in [9.17, 15) is 0 Å². The van der Waals surface area contributed by atoms with Gasteiger partial charge in [-0.15, -0.1) is 11.8 Å². The van der Waals surface area contributed by atoms with Crippen molar-refractivity contribution < 1.29 is 0 Å². The lowest BCUT2D eigenvalue weighted by Gasteiger charge is -2.39. The number of nitrogens with zero attached hydrogens (tertiary/aromatic N) is 1. The Morgan fingerprint density at radius 2 is 2.11 bits per heavy atom. The predicted octanol–water partition coefficient (Wildman–Crippen LogP) is 2.43. The number of hydrogen-bond acceptors (Lipinski definition) is 2. The second kappa shape index (κ2) is 6.58. The van der Waals surface area contributed by atoms with Gasteiger partial charge in [0.15, 0.2) is 0 Å². The van der Waals surface area contributed by atoms with Crippen molar-refractivity contribution in [2.24, 2.45) is 0 Å². The van der Waals surface area contributed by atoms with Crippen LogP contribution in [0, 0.1) is 11.8 Å². The van der Waals surface area contributed by atoms with Crippen LogP contribution in [0.25, 0.3) is 0 Å². The lowest BCUT2D eigenvalue weighted by Crippen LogP contribution is -2.51. The van der Waals surface area contributed by atoms with Crippen LogP contribution in [0.2, 0.25) is 0 Å². The Balaban J connectivity index is 2.07. The fourth-order valence-corrected chi connectivity index (χ4v) is 2.56. The summed E-state index contributed by atoms with van der Waals surface area (Å²) in [7, 11) is 0. The average Bonchev–Trinajstić information content (AvgIpc) is 2.40. The largest absolute Gasteiger partial charge is 0.311 e. The minimum atomic E-state index is 0.487. The molecule has 1 aromatic rings. The molecule has 0 aromatic heterocycles. The van der Waals surface area contributed by atoms with Gasteiger partial charge < -0.3 is 5.32 Å². The Labute approximate surface area is 110 Å². The van der Waals surface area contributed by atoms with Crippen molar-refractivity contribution in [3.63, 3.8) is 0 Å². The van der Waals surface area contributed by atoms with Crippen LogP contribution in [-0.2, 0) is 0 Å². The molecule has 0 saturated carbocycles. The molecule has 0 spiro atoms. The molecular weight excluding hydrogens is 220 g/mol. The highest BCUT2D eigenvalue weighted by Crippen LogP contribution is 2.23. The van der Waals surface area contributed by atoms with Crippen LogP contribution in [0.15, 0.2) is 30.3 Å². The van der Waals surface area contributed by atoms with Gasteiger partial charge in [0.1, 0.15) is 0 Å². The number of hydrogen-bond donors (Lipinski definition) is 1. The highest BCUT2D eigenvalue weighted by molar-refractivity contribution is 5.20. The lowest BCUT2D eigenvalue weighted by atomic mass is 10.0. The van der Waals surface area contributed by atoms with Crippen LogP contribution in [0.4, 0.5) is 0 Å². The molecule has 1 aromatic carbocycles. The molecule has 2 nitrogen and oxygen atoms in total. The summed E-state index contributed by atoms with van der Waals surface area (Å²) in [5.41, 5.74) is 1.40. The Morgan fingerprint density at radius 1 is 1.33 bits per heavy atom. The molecule has 1 aliphatic heterocycles. The summed E-state index contributed by atoms with van der Waals surface area (Å²) >= 11 is 0. The zero-order valence-electron chi connectivity index (χ0n) is 11.3. The lowest BCUT2D eigenvalue weighted by molar-refractivity contribution is 0.139. The Hall–Kier alpha value is -1.30. The van der Waals surface area contributed by atoms with Crippen molar-refractivity contribution >= 4 is 0 Å². The minimum absolute atomic E-state index is 0.487. The van der Waals surface area contributed by atoms with Crippen LogP contribution < -0.4 is 5.32 Å². The molecule has 0 aliphatic carbocycles. The average molecular weight is 242 g/mol. The van der Waals surface area contributed by atoms with Gasteiger partial charge in [0.25, 0.3) is 0 Å². The number of rotatable bonds is 3. The molecule has 0 amide bonds. The first-order valence-electron chi connectivity index (χ1n) is 6.73. The molecule has 1 heterocycles. The second-order valence-electron chi connectivity index (χ2n) is 4.91. The van der Waals surface area contributed by atoms with E-state index in [1.165, 1.54) is 5.56 Å². The van der Waals surface area contributed by atoms with E-state index in [0.717, 1.165) is 26.1 Å². The molecule has 2 rings (SSSR count). The topological polar surface area (TPSA) is 15.3 Å². The Morgan fingerprint density at radius 3 is 2.83 bits per heavy atom. The van der Waals surface area contributed by atoms with Crippen LogP contribution in [0.1, 0.15) is 31.9 Å². The molecule has 0 radical (unpaired) electrons. The van der Waals surface area contributed by atoms with Gasteiger partial charge in [-0.3, -0.25) is 4.90 Å². The van der Waals surface area contributed by atoms with Crippen LogP contribution in [0.5, 0.6) is 0 Å². The maximum absolute atomic E-state index is 3.57. The smallest absolute Gasteiger partial charge is 0.0473 e. The summed E-state index contributed by atoms with van der Waals surface area (Å²) in [6.07, 6.45) is 0.965. The predicted molar refractivity (Wildman–Crippen MR) is 76.3 cm³/mol. The number of nitrogens with one attached hydrogen (secondary N) is 1. The standard InChI is InChI=1S/C16H22N2/c1-3-4-8-11-18-13-14(2)17-12-16(18)15-9-6-5-7-10-15/h5-7,9-10,14,16-17H,8,11-13H2,1-2H3. The summed E-state index contributed by atoms with van der Waals surface area (Å²) in [4.78, 5) is 2.56. The van der Waals surface area contributed by atoms with E-state index >= 15 is 0 Å². The fourth-order valence-electron chi connectivity index (χ4n) is 2.56. The first-order valence-corrected chi connectivity index (χ1v) is 6.73. The maximum atomic E-state index is 3.57. The third-order valence-electron chi connectivity index (χ3n) is 3.49. The van der Waals surface area contributed by atoms with E-state index in [0.29, 0.717) is 12.1 Å². The number of piperazine rings is 1. The van der Waals surface area contributed by atoms with Crippen molar-refractivity contribution in [3.05, 3.63) is 35.9 Å². The van der Waals surface area contributed by atoms with Gasteiger partial charge in [-0.2, -0.15) is 0 Å². The third-order valence-corrected chi connectivity index (χ3v) is 3.49. The van der Waals surface area contributed by atoms with Gasteiger partial charge in [0, 0.05) is 38.1 Å². The quantitative estimate of drug-likeness (QED) is 0.819. The molecule has 1 aliphatic rings. The van der Waals surface area contributed by atoms with Gasteiger partial charge in [0.2, 0.25) is 0 Å². The zero-order chi connectivity index (χ0) is 12.8. The van der Waals surface area contributed by atoms with E-state index < -0.39 is 0 Å². The minimum Gasteiger partial charge on any atom is -0.311 e. The molecule has 18 heavy (non-hydrogen) atoms. The summed E-state index contributed by atoms with van der Waals surface area (Å²) in [6, 6.07) is 11.8. The van der Waals surface area contributed by atoms with E-state index in [-0.39, 0.29) is 0 Å². The Bertz CT molecular complexity index is 416. The summed E-state index contributed by atoms with van der Waals surface area (Å²) < 4.78 is 0. The molecule has 96 valence electrons. The van der Waals surface area contributed by atoms with E-state index in [1.807, 2.05) is 6.92 Å². The van der Waals surface area contributed by atoms with Gasteiger partial charge >= 0.3 is 0 Å². The van der Waals surface area contributed by atoms with Gasteiger partial charge in [-0.1, -0.05) is 30.3 Å². The number of benzene rings is 1. The van der Waals surface area contributed by atoms with E-state index in [2.05, 4.69) is 59.3 Å². The summed E-state index contributed by atoms with van der Waals surface area (Å²) in [5.74, 6) is 6.15. The summed E-state index contributed by atoms with van der Waals surface area (Å²) in [6.45, 7) is 7.36. The van der Waals surface area contributed by atoms with Crippen molar-refractivity contribution in [2.75, 3.05) is 19.6 Å². The second-order valence-corrected chi connectivity index (χ2v) is 4.91. The van der Waals surface area contributed by atoms with Crippen molar-refractivity contribution in [1.29, 1.82) is 0 Å². The third kappa shape index (κ3) is 3.35. The first-order chi connectivity index (χ1) is 8.81. The van der Waals surface area contributed by atoms with Crippen molar-refractivity contribution in [2.45, 2.75) is 32.4 Å². The summed E-state index contributed by atoms with van der Waals surface area (Å²) in [5, 5.41) is 3.57. The van der Waals surface area contributed by atoms with Crippen molar-refractivity contribution in [1.82, 2.24) is 10.2 Å². The Kier molecular flexibility index (Phi) is 4.81. The molecule has 1 N–H and O–H groups in total. The molecule has 1 fully saturated rings. The SMILES string of the molecule is CC#CCCN1CC(C)NCC1c1ccccc1. The van der Waals surface area contributed by atoms with Crippen molar-refractivity contribution in [3.8, 4) is 11.8 Å². The van der Waals surface area contributed by atoms with Crippen LogP contribution >= 0.6 is 0 Å². The molecule has 2 atom stereocenters. The highest BCUT2D eigenvalue weighted by atomic mass is 15.2. The van der Waals surface area contributed by atoms with Gasteiger partial charge in [-0.25, -0.2) is 0 Å². The molecule has 2 heteroatoms. The maximum Gasteiger partial charge on any atom is 0.0473 e. The monoisotopic (exact) mass is 242 g/mol. The first kappa shape index (κ1) is 13.1.